The van der Waals surface area contributed by atoms with Crippen LogP contribution >= 0.6 is 0 Å². The first-order valence-electron chi connectivity index (χ1n) is 7.77. The highest BCUT2D eigenvalue weighted by Crippen LogP contribution is 2.32. The first-order valence-corrected chi connectivity index (χ1v) is 9.32. The quantitative estimate of drug-likeness (QED) is 0.406. The second-order valence-electron chi connectivity index (χ2n) is 6.08. The predicted molar refractivity (Wildman–Crippen MR) is 90.3 cm³/mol. The minimum Gasteiger partial charge on any atom is -0.394 e. The Labute approximate surface area is 149 Å². The summed E-state index contributed by atoms with van der Waals surface area (Å²) < 4.78 is 29.4. The van der Waals surface area contributed by atoms with Crippen LogP contribution < -0.4 is 10.9 Å². The zero-order valence-electron chi connectivity index (χ0n) is 13.6. The third-order valence-corrected chi connectivity index (χ3v) is 5.26. The Morgan fingerprint density at radius 3 is 2.38 bits per heavy atom. The van der Waals surface area contributed by atoms with Gasteiger partial charge in [-0.1, -0.05) is 12.1 Å². The molecule has 1 saturated heterocycles. The van der Waals surface area contributed by atoms with Crippen LogP contribution in [-0.4, -0.2) is 58.2 Å². The van der Waals surface area contributed by atoms with E-state index in [1.54, 1.807) is 12.1 Å². The number of nitrogen functional groups attached to an aromatic ring is 1. The lowest BCUT2D eigenvalue weighted by Crippen LogP contribution is -2.33. The summed E-state index contributed by atoms with van der Waals surface area (Å²) in [5.74, 6) is 0.232. The highest BCUT2D eigenvalue weighted by atomic mass is 32.2. The van der Waals surface area contributed by atoms with E-state index in [4.69, 9.17) is 20.7 Å². The van der Waals surface area contributed by atoms with E-state index < -0.39 is 41.2 Å². The van der Waals surface area contributed by atoms with Gasteiger partial charge in [0, 0.05) is 6.42 Å². The molecule has 0 aliphatic carbocycles. The van der Waals surface area contributed by atoms with Gasteiger partial charge in [0.05, 0.1) is 23.5 Å². The van der Waals surface area contributed by atoms with Gasteiger partial charge in [-0.2, -0.15) is 0 Å². The van der Waals surface area contributed by atoms with E-state index >= 15 is 0 Å². The van der Waals surface area contributed by atoms with Crippen LogP contribution in [-0.2, 0) is 21.2 Å². The van der Waals surface area contributed by atoms with Gasteiger partial charge < -0.3 is 25.8 Å². The molecule has 1 aromatic carbocycles. The number of anilines is 1. The van der Waals surface area contributed by atoms with Crippen molar-refractivity contribution in [1.29, 1.82) is 0 Å². The van der Waals surface area contributed by atoms with E-state index in [-0.39, 0.29) is 10.7 Å². The van der Waals surface area contributed by atoms with Crippen LogP contribution in [0.3, 0.4) is 0 Å². The number of imidazole rings is 1. The molecule has 0 bridgehead atoms. The maximum atomic E-state index is 11.3. The summed E-state index contributed by atoms with van der Waals surface area (Å²) in [5.41, 5.74) is 7.33. The van der Waals surface area contributed by atoms with Gasteiger partial charge in [-0.25, -0.2) is 18.5 Å². The summed E-state index contributed by atoms with van der Waals surface area (Å²) in [5, 5.41) is 34.2. The number of nitrogens with zero attached hydrogens (tertiary/aromatic N) is 2. The minimum atomic E-state index is -3.76. The van der Waals surface area contributed by atoms with Crippen molar-refractivity contribution in [2.45, 2.75) is 35.9 Å². The zero-order chi connectivity index (χ0) is 19.1. The molecule has 142 valence electrons. The maximum Gasteiger partial charge on any atom is 0.238 e. The lowest BCUT2D eigenvalue weighted by atomic mass is 10.1. The molecule has 0 amide bonds. The van der Waals surface area contributed by atoms with Crippen LogP contribution in [0.25, 0.3) is 0 Å². The van der Waals surface area contributed by atoms with Crippen molar-refractivity contribution in [3.63, 3.8) is 0 Å². The second kappa shape index (κ2) is 6.95. The fourth-order valence-corrected chi connectivity index (χ4v) is 3.36. The highest BCUT2D eigenvalue weighted by Gasteiger charge is 2.44. The number of aliphatic hydroxyl groups is 3. The number of hydrogen-bond acceptors (Lipinski definition) is 8. The third kappa shape index (κ3) is 3.45. The van der Waals surface area contributed by atoms with Crippen molar-refractivity contribution < 1.29 is 28.5 Å². The molecule has 11 heteroatoms. The van der Waals surface area contributed by atoms with Crippen LogP contribution in [0.15, 0.2) is 35.5 Å². The molecule has 2 aromatic rings. The lowest BCUT2D eigenvalue weighted by molar-refractivity contribution is -0.0518. The van der Waals surface area contributed by atoms with Crippen LogP contribution in [0, 0.1) is 0 Å². The van der Waals surface area contributed by atoms with Crippen molar-refractivity contribution in [2.75, 3.05) is 12.3 Å². The minimum absolute atomic E-state index is 0.00580. The average Bonchev–Trinajstić information content (AvgIpc) is 3.08. The maximum absolute atomic E-state index is 11.3. The molecule has 0 spiro atoms. The van der Waals surface area contributed by atoms with E-state index in [1.807, 2.05) is 0 Å². The SMILES string of the molecule is Nc1c(Cc2ccc(S(N)(=O)=O)cc2)ncn1[C@@H]1O[C@H](CO)[C@@H](O)[C@H]1O. The Morgan fingerprint density at radius 1 is 1.19 bits per heavy atom. The smallest absolute Gasteiger partial charge is 0.238 e. The molecular weight excluding hydrogens is 364 g/mol. The summed E-state index contributed by atoms with van der Waals surface area (Å²) in [4.78, 5) is 4.20. The van der Waals surface area contributed by atoms with Gasteiger partial charge in [-0.05, 0) is 17.7 Å². The average molecular weight is 384 g/mol. The molecule has 1 aliphatic heterocycles. The van der Waals surface area contributed by atoms with Gasteiger partial charge in [-0.15, -0.1) is 0 Å². The third-order valence-electron chi connectivity index (χ3n) is 4.33. The van der Waals surface area contributed by atoms with Gasteiger partial charge in [0.1, 0.15) is 24.1 Å². The van der Waals surface area contributed by atoms with E-state index in [2.05, 4.69) is 4.98 Å². The van der Waals surface area contributed by atoms with Gasteiger partial charge in [0.15, 0.2) is 6.23 Å². The fourth-order valence-electron chi connectivity index (χ4n) is 2.85. The van der Waals surface area contributed by atoms with Crippen LogP contribution in [0.2, 0.25) is 0 Å². The van der Waals surface area contributed by atoms with Crippen molar-refractivity contribution in [3.05, 3.63) is 41.9 Å². The number of aromatic nitrogens is 2. The first-order chi connectivity index (χ1) is 12.2. The summed E-state index contributed by atoms with van der Waals surface area (Å²) in [7, 11) is -3.76. The lowest BCUT2D eigenvalue weighted by Gasteiger charge is -2.17. The molecule has 1 fully saturated rings. The van der Waals surface area contributed by atoms with E-state index in [0.29, 0.717) is 12.1 Å². The Hall–Kier alpha value is -2.02. The van der Waals surface area contributed by atoms with Crippen LogP contribution in [0.1, 0.15) is 17.5 Å². The molecule has 1 aromatic heterocycles. The zero-order valence-corrected chi connectivity index (χ0v) is 14.5. The molecule has 0 saturated carbocycles. The van der Waals surface area contributed by atoms with Crippen molar-refractivity contribution in [1.82, 2.24) is 9.55 Å². The largest absolute Gasteiger partial charge is 0.394 e. The molecule has 0 radical (unpaired) electrons. The number of primary sulfonamides is 1. The number of sulfonamides is 1. The predicted octanol–water partition coefficient (Wildman–Crippen LogP) is -1.68. The number of benzene rings is 1. The number of aliphatic hydroxyl groups excluding tert-OH is 3. The molecule has 2 heterocycles. The van der Waals surface area contributed by atoms with Crippen molar-refractivity contribution >= 4 is 15.8 Å². The summed E-state index contributed by atoms with van der Waals surface area (Å²) in [6.07, 6.45) is -2.67. The van der Waals surface area contributed by atoms with Crippen LogP contribution in [0.5, 0.6) is 0 Å². The molecular formula is C15H20N4O6S. The Kier molecular flexibility index (Phi) is 5.01. The molecule has 7 N–H and O–H groups in total. The van der Waals surface area contributed by atoms with Crippen molar-refractivity contribution in [3.8, 4) is 0 Å². The molecule has 10 nitrogen and oxygen atoms in total. The van der Waals surface area contributed by atoms with Gasteiger partial charge >= 0.3 is 0 Å². The number of hydrogen-bond donors (Lipinski definition) is 5. The standard InChI is InChI=1S/C15H20N4O6S/c16-14-10(5-8-1-3-9(4-2-8)26(17,23)24)18-7-19(14)15-13(22)12(21)11(6-20)25-15/h1-4,7,11-13,15,20-22H,5-6,16H2,(H2,17,23,24)/t11-,12-,13-,15-/m1/s1. The second-order valence-corrected chi connectivity index (χ2v) is 7.64. The molecule has 0 unspecified atom stereocenters. The Morgan fingerprint density at radius 2 is 1.85 bits per heavy atom. The van der Waals surface area contributed by atoms with Crippen LogP contribution in [0.4, 0.5) is 5.82 Å². The number of nitrogens with two attached hydrogens (primary N) is 2. The summed E-state index contributed by atoms with van der Waals surface area (Å²) in [6, 6.07) is 5.99. The van der Waals surface area contributed by atoms with E-state index in [9.17, 15) is 18.6 Å². The monoisotopic (exact) mass is 384 g/mol. The van der Waals surface area contributed by atoms with E-state index in [1.165, 1.54) is 23.0 Å². The normalized spacial score (nSPS) is 26.3. The number of rotatable bonds is 5. The van der Waals surface area contributed by atoms with E-state index in [0.717, 1.165) is 5.56 Å². The van der Waals surface area contributed by atoms with Gasteiger partial charge in [0.2, 0.25) is 10.0 Å². The summed E-state index contributed by atoms with van der Waals surface area (Å²) >= 11 is 0. The first kappa shape index (κ1) is 18.8. The van der Waals surface area contributed by atoms with Crippen molar-refractivity contribution in [2.24, 2.45) is 5.14 Å². The Balaban J connectivity index is 1.79. The molecule has 4 atom stereocenters. The summed E-state index contributed by atoms with van der Waals surface area (Å²) in [6.45, 7) is -0.438. The fraction of sp³-hybridized carbons (Fsp3) is 0.400. The number of ether oxygens (including phenoxy) is 1. The van der Waals surface area contributed by atoms with Gasteiger partial charge in [-0.3, -0.25) is 4.57 Å². The molecule has 26 heavy (non-hydrogen) atoms. The highest BCUT2D eigenvalue weighted by molar-refractivity contribution is 7.89. The molecule has 1 aliphatic rings. The topological polar surface area (TPSA) is 174 Å². The van der Waals surface area contributed by atoms with Gasteiger partial charge in [0.25, 0.3) is 0 Å². The molecule has 3 rings (SSSR count). The Bertz CT molecular complexity index is 882.